The van der Waals surface area contributed by atoms with Gasteiger partial charge in [-0.1, -0.05) is 81.8 Å². The van der Waals surface area contributed by atoms with Crippen LogP contribution in [0.25, 0.3) is 70.7 Å². The van der Waals surface area contributed by atoms with Gasteiger partial charge in [-0.3, -0.25) is 9.37 Å². The number of hydrogen-bond donors (Lipinski definition) is 0. The molecular weight excluding hydrogens is 1050 g/mol. The Morgan fingerprint density at radius 2 is 1.55 bits per heavy atom. The van der Waals surface area contributed by atoms with Gasteiger partial charge in [0.1, 0.15) is 5.82 Å². The average Bonchev–Trinajstić information content (AvgIpc) is 3.87. The van der Waals surface area contributed by atoms with E-state index in [2.05, 4.69) is 109 Å². The maximum atomic E-state index is 15.4. The van der Waals surface area contributed by atoms with Crippen molar-refractivity contribution in [3.63, 3.8) is 0 Å². The zero-order valence-corrected chi connectivity index (χ0v) is 42.8. The fourth-order valence-corrected chi connectivity index (χ4v) is 12.3. The molecule has 0 N–H and O–H groups in total. The Morgan fingerprint density at radius 1 is 0.844 bits per heavy atom. The second kappa shape index (κ2) is 19.4. The predicted molar refractivity (Wildman–Crippen MR) is 267 cm³/mol. The van der Waals surface area contributed by atoms with E-state index in [1.165, 1.54) is 57.9 Å². The van der Waals surface area contributed by atoms with Crippen molar-refractivity contribution >= 4 is 60.2 Å². The first-order valence-corrected chi connectivity index (χ1v) is 29.5. The normalized spacial score (nSPS) is 13.8. The van der Waals surface area contributed by atoms with Crippen molar-refractivity contribution in [1.29, 1.82) is 0 Å². The van der Waals surface area contributed by atoms with Gasteiger partial charge < -0.3 is 4.57 Å². The fraction of sp³-hybridized carbons (Fsp3) is 0.250. The zero-order chi connectivity index (χ0) is 50.8. The molecule has 3 aromatic heterocycles. The number of benzene rings is 6. The first kappa shape index (κ1) is 38.5. The van der Waals surface area contributed by atoms with Gasteiger partial charge in [0, 0.05) is 36.3 Å². The number of rotatable bonds is 9. The molecule has 0 unspecified atom stereocenters. The molecular formula is C56H55F2GeIrN3S-2. The summed E-state index contributed by atoms with van der Waals surface area (Å²) in [4.78, 5) is 9.61. The topological polar surface area (TPSA) is 30.7 Å². The first-order valence-electron chi connectivity index (χ1n) is 24.9. The summed E-state index contributed by atoms with van der Waals surface area (Å²) in [6.45, 7) is 10.00. The molecule has 0 atom stereocenters. The Bertz CT molecular complexity index is 3380. The maximum Gasteiger partial charge on any atom is 0 e. The molecule has 6 aromatic carbocycles. The molecule has 0 amide bonds. The quantitative estimate of drug-likeness (QED) is 0.107. The Balaban J connectivity index is 0.000000224. The molecule has 8 heteroatoms. The third-order valence-corrected chi connectivity index (χ3v) is 16.5. The second-order valence-electron chi connectivity index (χ2n) is 17.9. The maximum absolute atomic E-state index is 15.4. The number of aromatic nitrogens is 3. The van der Waals surface area contributed by atoms with E-state index in [1.807, 2.05) is 38.1 Å². The minimum atomic E-state index is -2.55. The largest absolute Gasteiger partial charge is 0 e. The average molecular weight is 1110 g/mol. The van der Waals surface area contributed by atoms with E-state index in [0.29, 0.717) is 48.4 Å². The van der Waals surface area contributed by atoms with Crippen LogP contribution in [0.15, 0.2) is 121 Å². The van der Waals surface area contributed by atoms with E-state index in [-0.39, 0.29) is 67.1 Å². The van der Waals surface area contributed by atoms with Crippen molar-refractivity contribution in [2.45, 2.75) is 83.9 Å². The summed E-state index contributed by atoms with van der Waals surface area (Å²) in [5.74, 6) is 6.73. The third kappa shape index (κ3) is 9.60. The van der Waals surface area contributed by atoms with Crippen molar-refractivity contribution < 1.29 is 38.5 Å². The smallest absolute Gasteiger partial charge is 0 e. The Kier molecular flexibility index (Phi) is 11.6. The number of nitrogens with zero attached hydrogens (tertiary/aromatic N) is 3. The number of imidazole rings is 1. The Morgan fingerprint density at radius 3 is 2.20 bits per heavy atom. The van der Waals surface area contributed by atoms with Gasteiger partial charge in [0.25, 0.3) is 0 Å². The summed E-state index contributed by atoms with van der Waals surface area (Å²) < 4.78 is 90.0. The molecule has 64 heavy (non-hydrogen) atoms. The van der Waals surface area contributed by atoms with E-state index in [9.17, 15) is 4.39 Å². The molecule has 0 saturated carbocycles. The number of fused-ring (bicyclic) bond motifs is 4. The molecule has 329 valence electrons. The Labute approximate surface area is 407 Å². The van der Waals surface area contributed by atoms with Gasteiger partial charge in [0.2, 0.25) is 0 Å². The van der Waals surface area contributed by atoms with E-state index in [4.69, 9.17) is 14.6 Å². The fourth-order valence-electron chi connectivity index (χ4n) is 8.07. The van der Waals surface area contributed by atoms with Gasteiger partial charge >= 0.3 is 141 Å². The molecule has 9 aromatic rings. The molecule has 0 aliphatic heterocycles. The van der Waals surface area contributed by atoms with Crippen LogP contribution < -0.4 is 4.40 Å². The van der Waals surface area contributed by atoms with E-state index >= 15 is 4.39 Å². The summed E-state index contributed by atoms with van der Waals surface area (Å²) >= 11 is -1.04. The van der Waals surface area contributed by atoms with Crippen molar-refractivity contribution in [2.75, 3.05) is 0 Å². The van der Waals surface area contributed by atoms with Crippen LogP contribution in [-0.4, -0.2) is 27.8 Å². The van der Waals surface area contributed by atoms with E-state index in [1.54, 1.807) is 18.3 Å². The second-order valence-corrected chi connectivity index (χ2v) is 29.5. The molecule has 0 bridgehead atoms. The van der Waals surface area contributed by atoms with Crippen LogP contribution in [0.3, 0.4) is 0 Å². The molecule has 0 spiro atoms. The van der Waals surface area contributed by atoms with Crippen molar-refractivity contribution in [3.8, 4) is 39.5 Å². The first-order chi connectivity index (χ1) is 32.9. The number of hydrogen-bond acceptors (Lipinski definition) is 3. The minimum Gasteiger partial charge on any atom is 0 e. The standard InChI is InChI=1S/C37H29F2N2S.C19H26GeN.Ir/c1-21(2)28-18-24(23-10-6-5-7-11-23)19-29(22(3)4)35(28)41-32-13-9-8-12-31(32)40-37(41)27-16-17-30(39)34-26-15-14-25(38)20-33(26)42-36(27)34;1-14(2)11-17-12-19(16-9-7-15(3)8-10-16)21-13-18(17)20(4,5)6;/h5-15,17-22H,1-4H3;7-9,12-14H,11H2,1-6H3;/q2*-1;/i;3D3,7D,8D,11D2;. The van der Waals surface area contributed by atoms with Crippen LogP contribution in [0, 0.1) is 36.5 Å². The Hall–Kier alpha value is -4.79. The molecule has 0 aliphatic carbocycles. The van der Waals surface area contributed by atoms with Crippen LogP contribution in [0.2, 0.25) is 17.3 Å². The summed E-state index contributed by atoms with van der Waals surface area (Å²) in [6, 6.07) is 37.5. The van der Waals surface area contributed by atoms with Crippen molar-refractivity contribution in [1.82, 2.24) is 14.5 Å². The minimum absolute atomic E-state index is 0. The van der Waals surface area contributed by atoms with Crippen LogP contribution >= 0.6 is 11.3 Å². The van der Waals surface area contributed by atoms with Gasteiger partial charge in [-0.05, 0) is 86.0 Å². The predicted octanol–water partition coefficient (Wildman–Crippen LogP) is 15.7. The van der Waals surface area contributed by atoms with Gasteiger partial charge in [-0.2, -0.15) is 11.3 Å². The monoisotopic (exact) mass is 1110 g/mol. The van der Waals surface area contributed by atoms with Crippen molar-refractivity contribution in [3.05, 3.63) is 167 Å². The molecule has 0 saturated heterocycles. The number of pyridine rings is 1. The molecule has 3 heterocycles. The van der Waals surface area contributed by atoms with Gasteiger partial charge in [0.05, 0.1) is 16.9 Å². The van der Waals surface area contributed by atoms with Crippen molar-refractivity contribution in [2.24, 2.45) is 5.92 Å². The van der Waals surface area contributed by atoms with Gasteiger partial charge in [-0.15, -0.1) is 12.1 Å². The van der Waals surface area contributed by atoms with Gasteiger partial charge in [0.15, 0.2) is 0 Å². The molecule has 0 aliphatic rings. The molecule has 1 radical (unpaired) electrons. The zero-order valence-electron chi connectivity index (χ0n) is 44.5. The molecule has 3 nitrogen and oxygen atoms in total. The van der Waals surface area contributed by atoms with Crippen LogP contribution in [-0.2, 0) is 26.5 Å². The van der Waals surface area contributed by atoms with Crippen LogP contribution in [0.5, 0.6) is 0 Å². The summed E-state index contributed by atoms with van der Waals surface area (Å²) in [6.07, 6.45) is 0.154. The molecule has 0 fully saturated rings. The van der Waals surface area contributed by atoms with Crippen LogP contribution in [0.4, 0.5) is 8.78 Å². The van der Waals surface area contributed by atoms with E-state index in [0.717, 1.165) is 21.1 Å². The van der Waals surface area contributed by atoms with E-state index < -0.39 is 26.5 Å². The molecule has 9 rings (SSSR count). The summed E-state index contributed by atoms with van der Waals surface area (Å²) in [7, 11) is 0. The number of thiophene rings is 1. The van der Waals surface area contributed by atoms with Crippen LogP contribution in [0.1, 0.15) is 85.2 Å². The number of halogens is 2. The summed E-state index contributed by atoms with van der Waals surface area (Å²) in [5, 5.41) is 1.18. The van der Waals surface area contributed by atoms with Gasteiger partial charge in [-0.25, -0.2) is 4.39 Å². The number of para-hydroxylation sites is 2. The third-order valence-electron chi connectivity index (χ3n) is 11.1. The SMILES string of the molecule is CC(C)c1cc(-c2ccccc2)cc(C(C)C)c1-n1c(-c2[c-]cc(F)c3c2sc2cc(F)ccc23)nc2ccccc21.[2H]c1[c-]c(-c2cc(C([2H])([2H])C(C)C)[c]([Ge]([CH3])([CH3])[CH3])cn2)cc([2H])c1C([2H])([2H])[2H].[Ir]. The summed E-state index contributed by atoms with van der Waals surface area (Å²) in [5.41, 5.74) is 9.38.